The lowest BCUT2D eigenvalue weighted by molar-refractivity contribution is 0.0954. The average Bonchev–Trinajstić information content (AvgIpc) is 2.95. The fraction of sp³-hybridized carbons (Fsp3) is 0.692. The van der Waals surface area contributed by atoms with Crippen LogP contribution in [0.5, 0.6) is 0 Å². The minimum absolute atomic E-state index is 0.0743. The second-order valence-corrected chi connectivity index (χ2v) is 6.77. The molecule has 1 aromatic rings. The highest BCUT2D eigenvalue weighted by molar-refractivity contribution is 7.18. The van der Waals surface area contributed by atoms with Crippen LogP contribution in [-0.2, 0) is 0 Å². The van der Waals surface area contributed by atoms with Gasteiger partial charge in [0.25, 0.3) is 5.91 Å². The Morgan fingerprint density at radius 3 is 2.65 bits per heavy atom. The van der Waals surface area contributed by atoms with Crippen molar-refractivity contribution in [1.29, 1.82) is 0 Å². The zero-order valence-electron chi connectivity index (χ0n) is 11.9. The van der Waals surface area contributed by atoms with Crippen molar-refractivity contribution in [3.63, 3.8) is 0 Å². The standard InChI is InChI=1S/C13H21N5OS/c1-8-7-9(8)15-12(19)10-11(14)16-13(20-10)18-5-3-17(2)4-6-18/h8-9H,3-7,14H2,1-2H3,(H,15,19). The number of anilines is 2. The topological polar surface area (TPSA) is 74.5 Å². The van der Waals surface area contributed by atoms with Crippen LogP contribution in [0.1, 0.15) is 23.0 Å². The molecule has 1 aliphatic carbocycles. The molecule has 0 radical (unpaired) electrons. The first-order valence-corrected chi connectivity index (χ1v) is 7.87. The van der Waals surface area contributed by atoms with Crippen molar-refractivity contribution in [3.8, 4) is 0 Å². The molecule has 1 aliphatic heterocycles. The summed E-state index contributed by atoms with van der Waals surface area (Å²) in [5, 5.41) is 3.87. The van der Waals surface area contributed by atoms with E-state index in [4.69, 9.17) is 5.73 Å². The summed E-state index contributed by atoms with van der Waals surface area (Å²) < 4.78 is 0. The maximum Gasteiger partial charge on any atom is 0.265 e. The summed E-state index contributed by atoms with van der Waals surface area (Å²) in [5.74, 6) is 0.870. The van der Waals surface area contributed by atoms with Gasteiger partial charge in [0.1, 0.15) is 10.7 Å². The molecule has 3 N–H and O–H groups in total. The molecule has 7 heteroatoms. The Morgan fingerprint density at radius 2 is 2.05 bits per heavy atom. The van der Waals surface area contributed by atoms with Gasteiger partial charge in [-0.3, -0.25) is 4.79 Å². The third kappa shape index (κ3) is 2.73. The number of nitrogens with two attached hydrogens (primary N) is 1. The SMILES string of the molecule is CC1CC1NC(=O)c1sc(N2CCN(C)CC2)nc1N. The number of nitrogens with one attached hydrogen (secondary N) is 1. The minimum Gasteiger partial charge on any atom is -0.382 e. The van der Waals surface area contributed by atoms with E-state index in [9.17, 15) is 4.79 Å². The molecule has 110 valence electrons. The molecule has 3 rings (SSSR count). The van der Waals surface area contributed by atoms with Crippen molar-refractivity contribution >= 4 is 28.2 Å². The van der Waals surface area contributed by atoms with Gasteiger partial charge in [0.2, 0.25) is 0 Å². The van der Waals surface area contributed by atoms with Crippen LogP contribution in [-0.4, -0.2) is 55.1 Å². The fourth-order valence-electron chi connectivity index (χ4n) is 2.37. The molecule has 2 atom stereocenters. The van der Waals surface area contributed by atoms with Crippen molar-refractivity contribution in [2.75, 3.05) is 43.9 Å². The second-order valence-electron chi connectivity index (χ2n) is 5.79. The van der Waals surface area contributed by atoms with E-state index in [-0.39, 0.29) is 5.91 Å². The lowest BCUT2D eigenvalue weighted by Gasteiger charge is -2.31. The number of amides is 1. The Bertz CT molecular complexity index is 509. The Hall–Kier alpha value is -1.34. The van der Waals surface area contributed by atoms with Gasteiger partial charge in [0.15, 0.2) is 5.13 Å². The Balaban J connectivity index is 1.68. The number of hydrogen-bond acceptors (Lipinski definition) is 6. The highest BCUT2D eigenvalue weighted by atomic mass is 32.1. The van der Waals surface area contributed by atoms with E-state index in [1.54, 1.807) is 0 Å². The van der Waals surface area contributed by atoms with Crippen molar-refractivity contribution in [1.82, 2.24) is 15.2 Å². The van der Waals surface area contributed by atoms with Gasteiger partial charge in [-0.2, -0.15) is 0 Å². The molecule has 6 nitrogen and oxygen atoms in total. The second kappa shape index (κ2) is 5.21. The molecular weight excluding hydrogens is 274 g/mol. The summed E-state index contributed by atoms with van der Waals surface area (Å²) in [5.41, 5.74) is 5.91. The van der Waals surface area contributed by atoms with Crippen LogP contribution in [0, 0.1) is 5.92 Å². The summed E-state index contributed by atoms with van der Waals surface area (Å²) in [6.45, 7) is 6.03. The van der Waals surface area contributed by atoms with E-state index >= 15 is 0 Å². The summed E-state index contributed by atoms with van der Waals surface area (Å²) >= 11 is 1.41. The van der Waals surface area contributed by atoms with Crippen molar-refractivity contribution < 1.29 is 4.79 Å². The Kier molecular flexibility index (Phi) is 3.55. The number of nitrogens with zero attached hydrogens (tertiary/aromatic N) is 3. The number of piperazine rings is 1. The predicted octanol–water partition coefficient (Wildman–Crippen LogP) is 0.615. The van der Waals surface area contributed by atoms with Crippen LogP contribution in [0.3, 0.4) is 0 Å². The highest BCUT2D eigenvalue weighted by Crippen LogP contribution is 2.32. The maximum atomic E-state index is 12.2. The summed E-state index contributed by atoms with van der Waals surface area (Å²) in [4.78, 5) is 21.6. The maximum absolute atomic E-state index is 12.2. The van der Waals surface area contributed by atoms with Gasteiger partial charge in [-0.25, -0.2) is 4.98 Å². The number of hydrogen-bond donors (Lipinski definition) is 2. The quantitative estimate of drug-likeness (QED) is 0.855. The zero-order chi connectivity index (χ0) is 14.3. The van der Waals surface area contributed by atoms with Gasteiger partial charge in [-0.1, -0.05) is 18.3 Å². The zero-order valence-corrected chi connectivity index (χ0v) is 12.7. The molecule has 20 heavy (non-hydrogen) atoms. The van der Waals surface area contributed by atoms with Crippen molar-refractivity contribution in [2.24, 2.45) is 5.92 Å². The largest absolute Gasteiger partial charge is 0.382 e. The number of nitrogen functional groups attached to an aromatic ring is 1. The normalized spacial score (nSPS) is 26.6. The predicted molar refractivity (Wildman–Crippen MR) is 81.3 cm³/mol. The van der Waals surface area contributed by atoms with Crippen molar-refractivity contribution in [3.05, 3.63) is 4.88 Å². The molecule has 2 heterocycles. The van der Waals surface area contributed by atoms with E-state index in [1.807, 2.05) is 0 Å². The van der Waals surface area contributed by atoms with Gasteiger partial charge in [-0.15, -0.1) is 0 Å². The van der Waals surface area contributed by atoms with Crippen LogP contribution < -0.4 is 16.0 Å². The first-order valence-electron chi connectivity index (χ1n) is 7.05. The highest BCUT2D eigenvalue weighted by Gasteiger charge is 2.35. The van der Waals surface area contributed by atoms with Gasteiger partial charge < -0.3 is 20.9 Å². The Labute approximate surface area is 123 Å². The monoisotopic (exact) mass is 295 g/mol. The molecular formula is C13H21N5OS. The van der Waals surface area contributed by atoms with Gasteiger partial charge in [-0.05, 0) is 19.4 Å². The van der Waals surface area contributed by atoms with E-state index in [1.165, 1.54) is 11.3 Å². The van der Waals surface area contributed by atoms with E-state index in [0.29, 0.717) is 22.7 Å². The average molecular weight is 295 g/mol. The number of carbonyl (C=O) groups is 1. The number of rotatable bonds is 3. The van der Waals surface area contributed by atoms with Crippen LogP contribution in [0.2, 0.25) is 0 Å². The lowest BCUT2D eigenvalue weighted by atomic mass is 10.3. The first-order chi connectivity index (χ1) is 9.54. The summed E-state index contributed by atoms with van der Waals surface area (Å²) in [7, 11) is 2.11. The molecule has 1 amide bonds. The van der Waals surface area contributed by atoms with E-state index in [2.05, 4.69) is 34.1 Å². The molecule has 2 fully saturated rings. The molecule has 2 unspecified atom stereocenters. The number of likely N-dealkylation sites (N-methyl/N-ethyl adjacent to an activating group) is 1. The molecule has 0 spiro atoms. The first kappa shape index (κ1) is 13.6. The third-order valence-electron chi connectivity index (χ3n) is 4.05. The van der Waals surface area contributed by atoms with Gasteiger partial charge in [0, 0.05) is 32.2 Å². The van der Waals surface area contributed by atoms with Crippen molar-refractivity contribution in [2.45, 2.75) is 19.4 Å². The van der Waals surface area contributed by atoms with Gasteiger partial charge >= 0.3 is 0 Å². The summed E-state index contributed by atoms with van der Waals surface area (Å²) in [6.07, 6.45) is 1.07. The third-order valence-corrected chi connectivity index (χ3v) is 5.18. The molecule has 1 aromatic heterocycles. The molecule has 1 saturated heterocycles. The van der Waals surface area contributed by atoms with Crippen LogP contribution in [0.4, 0.5) is 10.9 Å². The molecule has 2 aliphatic rings. The van der Waals surface area contributed by atoms with E-state index < -0.39 is 0 Å². The smallest absolute Gasteiger partial charge is 0.265 e. The number of thiazole rings is 1. The Morgan fingerprint density at radius 1 is 1.40 bits per heavy atom. The number of carbonyl (C=O) groups excluding carboxylic acids is 1. The fourth-order valence-corrected chi connectivity index (χ4v) is 3.31. The number of aromatic nitrogens is 1. The molecule has 1 saturated carbocycles. The van der Waals surface area contributed by atoms with Crippen LogP contribution in [0.25, 0.3) is 0 Å². The lowest BCUT2D eigenvalue weighted by Crippen LogP contribution is -2.44. The van der Waals surface area contributed by atoms with Crippen LogP contribution >= 0.6 is 11.3 Å². The minimum atomic E-state index is -0.0743. The molecule has 0 aromatic carbocycles. The molecule has 0 bridgehead atoms. The van der Waals surface area contributed by atoms with Crippen LogP contribution in [0.15, 0.2) is 0 Å². The summed E-state index contributed by atoms with van der Waals surface area (Å²) in [6, 6.07) is 0.316. The van der Waals surface area contributed by atoms with E-state index in [0.717, 1.165) is 37.7 Å². The van der Waals surface area contributed by atoms with Gasteiger partial charge in [0.05, 0.1) is 0 Å².